The number of phenols is 1. The molecule has 29 heavy (non-hydrogen) atoms. The minimum absolute atomic E-state index is 0.0179. The molecule has 0 saturated carbocycles. The predicted octanol–water partition coefficient (Wildman–Crippen LogP) is 3.99. The fourth-order valence-corrected chi connectivity index (χ4v) is 3.89. The summed E-state index contributed by atoms with van der Waals surface area (Å²) in [5.74, 6) is 0.821. The van der Waals surface area contributed by atoms with Crippen LogP contribution in [-0.2, 0) is 12.8 Å². The minimum atomic E-state index is -0.812. The third kappa shape index (κ3) is 3.59. The summed E-state index contributed by atoms with van der Waals surface area (Å²) < 4.78 is 0. The summed E-state index contributed by atoms with van der Waals surface area (Å²) in [7, 11) is 0. The molecule has 2 aromatic heterocycles. The lowest BCUT2D eigenvalue weighted by molar-refractivity contribution is 0.193. The third-order valence-electron chi connectivity index (χ3n) is 5.45. The fraction of sp³-hybridized carbons (Fsp3) is 0.261. The van der Waals surface area contributed by atoms with Crippen LogP contribution in [0, 0.1) is 0 Å². The molecule has 0 amide bonds. The fourth-order valence-electron chi connectivity index (χ4n) is 3.89. The zero-order chi connectivity index (χ0) is 20.5. The van der Waals surface area contributed by atoms with E-state index in [0.717, 1.165) is 29.6 Å². The van der Waals surface area contributed by atoms with E-state index in [9.17, 15) is 15.0 Å². The van der Waals surface area contributed by atoms with Gasteiger partial charge in [0.05, 0.1) is 11.6 Å². The number of phenolic OH excluding ortho intramolecular Hbond substituents is 1. The van der Waals surface area contributed by atoms with Gasteiger partial charge in [-0.25, -0.2) is 0 Å². The Kier molecular flexibility index (Phi) is 5.03. The Labute approximate surface area is 168 Å². The van der Waals surface area contributed by atoms with Gasteiger partial charge >= 0.3 is 0 Å². The third-order valence-corrected chi connectivity index (χ3v) is 5.45. The van der Waals surface area contributed by atoms with Crippen LogP contribution in [0.3, 0.4) is 0 Å². The molecule has 0 radical (unpaired) electrons. The number of hydrogen-bond acceptors (Lipinski definition) is 4. The lowest BCUT2D eigenvalue weighted by Gasteiger charge is -2.15. The molecule has 0 fully saturated rings. The molecule has 6 heteroatoms. The van der Waals surface area contributed by atoms with Crippen LogP contribution in [0.2, 0.25) is 0 Å². The molecular formula is C23H25N3O3. The van der Waals surface area contributed by atoms with Gasteiger partial charge in [-0.05, 0) is 59.9 Å². The van der Waals surface area contributed by atoms with E-state index in [1.54, 1.807) is 12.1 Å². The van der Waals surface area contributed by atoms with Gasteiger partial charge in [-0.3, -0.25) is 4.79 Å². The van der Waals surface area contributed by atoms with Gasteiger partial charge in [0.15, 0.2) is 0 Å². The Morgan fingerprint density at radius 2 is 1.76 bits per heavy atom. The van der Waals surface area contributed by atoms with Crippen LogP contribution in [0.1, 0.15) is 36.6 Å². The molecule has 1 atom stereocenters. The van der Waals surface area contributed by atoms with Gasteiger partial charge in [-0.2, -0.15) is 0 Å². The summed E-state index contributed by atoms with van der Waals surface area (Å²) in [6.45, 7) is 4.61. The lowest BCUT2D eigenvalue weighted by atomic mass is 10.0. The lowest BCUT2D eigenvalue weighted by Crippen LogP contribution is -2.13. The number of aryl methyl sites for hydroxylation is 2. The van der Waals surface area contributed by atoms with E-state index in [1.165, 1.54) is 23.3 Å². The highest BCUT2D eigenvalue weighted by molar-refractivity contribution is 5.88. The molecule has 0 aliphatic carbocycles. The second-order valence-corrected chi connectivity index (χ2v) is 7.28. The number of aliphatic hydroxyl groups excluding tert-OH is 1. The SMILES string of the molecule is CCc1cc2cc(NC[C@H](O)c3ccc(O)c4[nH]c(=O)ccc34)[nH]c2cc1CC. The van der Waals surface area contributed by atoms with Crippen LogP contribution >= 0.6 is 0 Å². The molecule has 4 rings (SSSR count). The molecule has 0 aliphatic rings. The first kappa shape index (κ1) is 19.1. The molecular weight excluding hydrogens is 366 g/mol. The first-order valence-corrected chi connectivity index (χ1v) is 9.91. The van der Waals surface area contributed by atoms with Gasteiger partial charge in [0.2, 0.25) is 5.56 Å². The number of rotatable bonds is 6. The Balaban J connectivity index is 1.58. The van der Waals surface area contributed by atoms with Crippen LogP contribution in [-0.4, -0.2) is 26.7 Å². The standard InChI is InChI=1S/C23H25N3O3/c1-3-13-9-15-11-21(25-18(15)10-14(13)4-2)24-12-20(28)16-5-7-19(27)23-17(16)6-8-22(29)26-23/h5-11,20,24-25,27-28H,3-4,12H2,1-2H3,(H,26,29)/t20-/m0/s1. The highest BCUT2D eigenvalue weighted by Crippen LogP contribution is 2.29. The van der Waals surface area contributed by atoms with Crippen molar-refractivity contribution in [2.75, 3.05) is 11.9 Å². The summed E-state index contributed by atoms with van der Waals surface area (Å²) in [6.07, 6.45) is 1.19. The van der Waals surface area contributed by atoms with Gasteiger partial charge in [-0.15, -0.1) is 0 Å². The predicted molar refractivity (Wildman–Crippen MR) is 117 cm³/mol. The van der Waals surface area contributed by atoms with Crippen molar-refractivity contribution in [1.29, 1.82) is 0 Å². The highest BCUT2D eigenvalue weighted by atomic mass is 16.3. The van der Waals surface area contributed by atoms with E-state index in [1.807, 2.05) is 6.07 Å². The van der Waals surface area contributed by atoms with Gasteiger partial charge in [-0.1, -0.05) is 19.9 Å². The minimum Gasteiger partial charge on any atom is -0.506 e. The quantitative estimate of drug-likeness (QED) is 0.343. The molecule has 0 saturated heterocycles. The molecule has 0 aliphatic heterocycles. The van der Waals surface area contributed by atoms with Crippen LogP contribution in [0.4, 0.5) is 5.82 Å². The Morgan fingerprint density at radius 3 is 2.52 bits per heavy atom. The molecule has 6 nitrogen and oxygen atoms in total. The van der Waals surface area contributed by atoms with Crippen molar-refractivity contribution >= 4 is 27.6 Å². The van der Waals surface area contributed by atoms with Gasteiger partial charge in [0.1, 0.15) is 11.6 Å². The maximum absolute atomic E-state index is 11.6. The summed E-state index contributed by atoms with van der Waals surface area (Å²) >= 11 is 0. The number of aliphatic hydroxyl groups is 1. The number of aromatic nitrogens is 2. The second kappa shape index (κ2) is 7.64. The van der Waals surface area contributed by atoms with Crippen LogP contribution < -0.4 is 10.9 Å². The zero-order valence-corrected chi connectivity index (χ0v) is 16.5. The number of aromatic amines is 2. The Morgan fingerprint density at radius 1 is 1.00 bits per heavy atom. The van der Waals surface area contributed by atoms with Crippen LogP contribution in [0.15, 0.2) is 47.3 Å². The summed E-state index contributed by atoms with van der Waals surface area (Å²) in [5, 5.41) is 25.8. The average Bonchev–Trinajstić information content (AvgIpc) is 3.13. The summed E-state index contributed by atoms with van der Waals surface area (Å²) in [4.78, 5) is 17.6. The maximum Gasteiger partial charge on any atom is 0.248 e. The molecule has 4 aromatic rings. The van der Waals surface area contributed by atoms with Gasteiger partial charge in [0, 0.05) is 28.9 Å². The van der Waals surface area contributed by atoms with Crippen molar-refractivity contribution in [3.8, 4) is 5.75 Å². The van der Waals surface area contributed by atoms with E-state index in [2.05, 4.69) is 41.3 Å². The highest BCUT2D eigenvalue weighted by Gasteiger charge is 2.14. The molecule has 0 bridgehead atoms. The average molecular weight is 391 g/mol. The van der Waals surface area contributed by atoms with Crippen LogP contribution in [0.5, 0.6) is 5.75 Å². The van der Waals surface area contributed by atoms with Gasteiger partial charge < -0.3 is 25.5 Å². The number of pyridine rings is 1. The zero-order valence-electron chi connectivity index (χ0n) is 16.5. The summed E-state index contributed by atoms with van der Waals surface area (Å²) in [5.41, 5.74) is 4.45. The maximum atomic E-state index is 11.6. The van der Waals surface area contributed by atoms with Crippen molar-refractivity contribution in [3.63, 3.8) is 0 Å². The molecule has 2 aromatic carbocycles. The Bertz CT molecular complexity index is 1200. The van der Waals surface area contributed by atoms with Crippen molar-refractivity contribution in [2.24, 2.45) is 0 Å². The largest absolute Gasteiger partial charge is 0.506 e. The number of anilines is 1. The van der Waals surface area contributed by atoms with E-state index >= 15 is 0 Å². The normalized spacial score (nSPS) is 12.5. The molecule has 2 heterocycles. The number of nitrogens with one attached hydrogen (secondary N) is 3. The molecule has 150 valence electrons. The van der Waals surface area contributed by atoms with E-state index < -0.39 is 6.10 Å². The number of H-pyrrole nitrogens is 2. The number of hydrogen-bond donors (Lipinski definition) is 5. The van der Waals surface area contributed by atoms with Crippen molar-refractivity contribution in [2.45, 2.75) is 32.8 Å². The number of aromatic hydroxyl groups is 1. The van der Waals surface area contributed by atoms with Crippen molar-refractivity contribution in [1.82, 2.24) is 9.97 Å². The molecule has 5 N–H and O–H groups in total. The van der Waals surface area contributed by atoms with Crippen LogP contribution in [0.25, 0.3) is 21.8 Å². The first-order chi connectivity index (χ1) is 14.0. The van der Waals surface area contributed by atoms with E-state index in [-0.39, 0.29) is 17.9 Å². The molecule has 0 unspecified atom stereocenters. The number of benzene rings is 2. The summed E-state index contributed by atoms with van der Waals surface area (Å²) in [6, 6.07) is 12.6. The Hall–Kier alpha value is -3.25. The smallest absolute Gasteiger partial charge is 0.248 e. The van der Waals surface area contributed by atoms with E-state index in [0.29, 0.717) is 16.5 Å². The number of fused-ring (bicyclic) bond motifs is 2. The topological polar surface area (TPSA) is 101 Å². The van der Waals surface area contributed by atoms with Crippen molar-refractivity contribution < 1.29 is 10.2 Å². The second-order valence-electron chi connectivity index (χ2n) is 7.28. The first-order valence-electron chi connectivity index (χ1n) is 9.91. The molecule has 0 spiro atoms. The van der Waals surface area contributed by atoms with Gasteiger partial charge in [0.25, 0.3) is 0 Å². The monoisotopic (exact) mass is 391 g/mol. The van der Waals surface area contributed by atoms with Crippen molar-refractivity contribution in [3.05, 3.63) is 69.5 Å². The van der Waals surface area contributed by atoms with E-state index in [4.69, 9.17) is 0 Å².